The van der Waals surface area contributed by atoms with Crippen molar-refractivity contribution in [2.45, 2.75) is 29.8 Å². The van der Waals surface area contributed by atoms with Crippen molar-refractivity contribution in [1.82, 2.24) is 20.6 Å². The minimum Gasteiger partial charge on any atom is -0.480 e. The average molecular weight is 539 g/mol. The van der Waals surface area contributed by atoms with Gasteiger partial charge in [-0.1, -0.05) is 18.2 Å². The molecule has 1 atom stereocenters. The molecule has 1 fully saturated rings. The van der Waals surface area contributed by atoms with Gasteiger partial charge in [0.1, 0.15) is 11.9 Å². The summed E-state index contributed by atoms with van der Waals surface area (Å²) in [5.41, 5.74) is 1.37. The highest BCUT2D eigenvalue weighted by Gasteiger charge is 2.23. The highest BCUT2D eigenvalue weighted by Crippen LogP contribution is 2.22. The number of sulfone groups is 1. The van der Waals surface area contributed by atoms with E-state index in [1.54, 1.807) is 48.8 Å². The Morgan fingerprint density at radius 1 is 0.974 bits per heavy atom. The number of carbonyl (C=O) groups excluding carboxylic acids is 1. The van der Waals surface area contributed by atoms with Gasteiger partial charge < -0.3 is 20.6 Å². The van der Waals surface area contributed by atoms with Gasteiger partial charge in [-0.2, -0.15) is 0 Å². The maximum Gasteiger partial charge on any atom is 0.322 e. The zero-order valence-corrected chi connectivity index (χ0v) is 21.5. The number of piperidine rings is 1. The number of carboxylic acid groups (broad SMARTS) is 1. The van der Waals surface area contributed by atoms with E-state index in [0.717, 1.165) is 31.6 Å². The molecule has 38 heavy (non-hydrogen) atoms. The summed E-state index contributed by atoms with van der Waals surface area (Å²) >= 11 is 0. The number of carboxylic acids is 1. The number of amides is 1. The molecule has 4 rings (SSSR count). The fourth-order valence-corrected chi connectivity index (χ4v) is 5.29. The normalized spacial score (nSPS) is 15.0. The zero-order valence-electron chi connectivity index (χ0n) is 20.7. The lowest BCUT2D eigenvalue weighted by atomic mass is 10.0. The van der Waals surface area contributed by atoms with Crippen LogP contribution in [-0.2, 0) is 14.6 Å². The predicted molar refractivity (Wildman–Crippen MR) is 143 cm³/mol. The lowest BCUT2D eigenvalue weighted by Crippen LogP contribution is -2.47. The van der Waals surface area contributed by atoms with E-state index in [-0.39, 0.29) is 17.5 Å². The van der Waals surface area contributed by atoms with Crippen molar-refractivity contribution in [2.75, 3.05) is 35.7 Å². The molecule has 0 spiro atoms. The molecular weight excluding hydrogens is 508 g/mol. The molecule has 11 nitrogen and oxygen atoms in total. The summed E-state index contributed by atoms with van der Waals surface area (Å²) in [7, 11) is -3.72. The van der Waals surface area contributed by atoms with Gasteiger partial charge >= 0.3 is 5.97 Å². The van der Waals surface area contributed by atoms with Crippen molar-refractivity contribution in [3.8, 4) is 0 Å². The largest absolute Gasteiger partial charge is 0.480 e. The van der Waals surface area contributed by atoms with Crippen molar-refractivity contribution in [3.05, 3.63) is 78.6 Å². The summed E-state index contributed by atoms with van der Waals surface area (Å²) < 4.78 is 24.9. The van der Waals surface area contributed by atoms with Crippen LogP contribution in [0.2, 0.25) is 0 Å². The second-order valence-electron chi connectivity index (χ2n) is 8.90. The molecule has 0 aliphatic carbocycles. The molecule has 1 aromatic heterocycles. The topological polar surface area (TPSA) is 154 Å². The zero-order chi connectivity index (χ0) is 27.0. The van der Waals surface area contributed by atoms with E-state index in [4.69, 9.17) is 0 Å². The number of nitrogens with one attached hydrogen (secondary N) is 3. The number of hydrogen-bond acceptors (Lipinski definition) is 9. The molecule has 1 amide bonds. The van der Waals surface area contributed by atoms with Crippen LogP contribution < -0.4 is 20.9 Å². The second-order valence-corrected chi connectivity index (χ2v) is 10.9. The van der Waals surface area contributed by atoms with Crippen LogP contribution in [-0.4, -0.2) is 73.0 Å². The van der Waals surface area contributed by atoms with Gasteiger partial charge in [-0.05, 0) is 55.3 Å². The Morgan fingerprint density at radius 2 is 1.63 bits per heavy atom. The van der Waals surface area contributed by atoms with E-state index in [9.17, 15) is 23.1 Å². The fourth-order valence-electron chi connectivity index (χ4n) is 4.13. The Kier molecular flexibility index (Phi) is 8.87. The third-order valence-corrected chi connectivity index (χ3v) is 7.81. The van der Waals surface area contributed by atoms with Crippen LogP contribution in [0, 0.1) is 0 Å². The molecule has 1 unspecified atom stereocenters. The van der Waals surface area contributed by atoms with Crippen LogP contribution in [0.4, 0.5) is 11.6 Å². The molecule has 0 radical (unpaired) electrons. The number of aromatic nitrogens is 2. The van der Waals surface area contributed by atoms with E-state index >= 15 is 0 Å². The van der Waals surface area contributed by atoms with Gasteiger partial charge in [0, 0.05) is 49.3 Å². The van der Waals surface area contributed by atoms with Crippen molar-refractivity contribution < 1.29 is 23.1 Å². The van der Waals surface area contributed by atoms with Gasteiger partial charge in [-0.3, -0.25) is 14.9 Å². The molecule has 3 aromatic rings. The Morgan fingerprint density at radius 3 is 2.26 bits per heavy atom. The van der Waals surface area contributed by atoms with E-state index in [1.807, 2.05) is 12.1 Å². The van der Waals surface area contributed by atoms with Gasteiger partial charge in [0.05, 0.1) is 4.90 Å². The van der Waals surface area contributed by atoms with Crippen molar-refractivity contribution >= 4 is 33.3 Å². The lowest BCUT2D eigenvalue weighted by molar-refractivity contribution is -0.139. The highest BCUT2D eigenvalue weighted by molar-refractivity contribution is 7.91. The monoisotopic (exact) mass is 538 g/mol. The van der Waals surface area contributed by atoms with Gasteiger partial charge in [-0.15, -0.1) is 0 Å². The van der Waals surface area contributed by atoms with Crippen LogP contribution in [0.5, 0.6) is 0 Å². The summed E-state index contributed by atoms with van der Waals surface area (Å²) in [6.07, 6.45) is 5.25. The molecule has 2 aromatic carbocycles. The molecular formula is C26H30N6O5S. The molecule has 2 heterocycles. The smallest absolute Gasteiger partial charge is 0.322 e. The van der Waals surface area contributed by atoms with Crippen LogP contribution in [0.15, 0.2) is 78.0 Å². The number of aliphatic carboxylic acids is 1. The third kappa shape index (κ3) is 7.26. The summed E-state index contributed by atoms with van der Waals surface area (Å²) in [5, 5.41) is 17.9. The van der Waals surface area contributed by atoms with Gasteiger partial charge in [-0.25, -0.2) is 18.4 Å². The van der Waals surface area contributed by atoms with Crippen molar-refractivity contribution in [2.24, 2.45) is 0 Å². The maximum absolute atomic E-state index is 12.6. The Labute approximate surface area is 221 Å². The molecule has 1 aliphatic rings. The van der Waals surface area contributed by atoms with E-state index in [2.05, 4.69) is 30.8 Å². The number of hydrogen-bond donors (Lipinski definition) is 4. The minimum atomic E-state index is -3.72. The summed E-state index contributed by atoms with van der Waals surface area (Å²) in [5.74, 6) is -1.65. The Hall–Kier alpha value is -4.03. The number of benzene rings is 2. The molecule has 0 bridgehead atoms. The summed E-state index contributed by atoms with van der Waals surface area (Å²) in [6.45, 7) is 1.41. The van der Waals surface area contributed by atoms with Crippen molar-refractivity contribution in [1.29, 1.82) is 0 Å². The first-order valence-corrected chi connectivity index (χ1v) is 13.9. The fraction of sp³-hybridized carbons (Fsp3) is 0.308. The molecule has 0 saturated carbocycles. The van der Waals surface area contributed by atoms with Crippen LogP contribution in [0.1, 0.15) is 23.2 Å². The van der Waals surface area contributed by atoms with Crippen LogP contribution >= 0.6 is 0 Å². The van der Waals surface area contributed by atoms with Gasteiger partial charge in [0.2, 0.25) is 5.95 Å². The third-order valence-electron chi connectivity index (χ3n) is 6.28. The standard InChI is InChI=1S/C26H30N6O5S/c33-24(29-17-23(25(34)35)30-18-38(36,37)22-5-2-1-3-6-22)19-7-9-21(10-8-19)32-15-11-20(12-16-32)31-26-27-13-4-14-28-26/h1-10,13-14,20,23,30H,11-12,15-18H2,(H,29,33)(H,34,35)(H,27,28,31). The van der Waals surface area contributed by atoms with Crippen LogP contribution in [0.3, 0.4) is 0 Å². The Bertz CT molecular complexity index is 1320. The number of carbonyl (C=O) groups is 2. The SMILES string of the molecule is O=C(NCC(NCS(=O)(=O)c1ccccc1)C(=O)O)c1ccc(N2CCC(Nc3ncccn3)CC2)cc1. The van der Waals surface area contributed by atoms with Crippen LogP contribution in [0.25, 0.3) is 0 Å². The quantitative estimate of drug-likeness (QED) is 0.284. The molecule has 4 N–H and O–H groups in total. The number of nitrogens with zero attached hydrogens (tertiary/aromatic N) is 3. The molecule has 1 aliphatic heterocycles. The van der Waals surface area contributed by atoms with E-state index in [0.29, 0.717) is 11.5 Å². The molecule has 200 valence electrons. The lowest BCUT2D eigenvalue weighted by Gasteiger charge is -2.34. The maximum atomic E-state index is 12.6. The van der Waals surface area contributed by atoms with E-state index in [1.165, 1.54) is 12.1 Å². The minimum absolute atomic E-state index is 0.0893. The first-order valence-electron chi connectivity index (χ1n) is 12.2. The highest BCUT2D eigenvalue weighted by atomic mass is 32.2. The number of anilines is 2. The van der Waals surface area contributed by atoms with E-state index < -0.39 is 33.6 Å². The predicted octanol–water partition coefficient (Wildman–Crippen LogP) is 1.76. The van der Waals surface area contributed by atoms with Gasteiger partial charge in [0.25, 0.3) is 5.91 Å². The Balaban J connectivity index is 1.25. The summed E-state index contributed by atoms with van der Waals surface area (Å²) in [4.78, 5) is 35.0. The second kappa shape index (κ2) is 12.5. The molecule has 12 heteroatoms. The average Bonchev–Trinajstić information content (AvgIpc) is 2.94. The molecule has 1 saturated heterocycles. The first-order chi connectivity index (χ1) is 18.3. The summed E-state index contributed by atoms with van der Waals surface area (Å²) in [6, 6.07) is 15.7. The van der Waals surface area contributed by atoms with Gasteiger partial charge in [0.15, 0.2) is 9.84 Å². The van der Waals surface area contributed by atoms with Crippen molar-refractivity contribution in [3.63, 3.8) is 0 Å². The first kappa shape index (κ1) is 27.0. The number of rotatable bonds is 11.